The normalized spacial score (nSPS) is 18.8. The van der Waals surface area contributed by atoms with E-state index >= 15 is 0 Å². The highest BCUT2D eigenvalue weighted by Gasteiger charge is 2.21. The molecule has 0 saturated carbocycles. The van der Waals surface area contributed by atoms with E-state index in [1.54, 1.807) is 0 Å². The summed E-state index contributed by atoms with van der Waals surface area (Å²) < 4.78 is 5.24. The molecule has 6 heteroatoms. The van der Waals surface area contributed by atoms with E-state index in [1.807, 2.05) is 26.8 Å². The molecule has 1 aliphatic rings. The molecule has 0 radical (unpaired) electrons. The number of hydrogen-bond donors (Lipinski definition) is 2. The van der Waals surface area contributed by atoms with Gasteiger partial charge in [-0.05, 0) is 45.6 Å². The van der Waals surface area contributed by atoms with Crippen LogP contribution in [0.2, 0.25) is 0 Å². The molecule has 1 amide bonds. The van der Waals surface area contributed by atoms with Crippen LogP contribution in [0.3, 0.4) is 0 Å². The molecule has 1 aromatic rings. The summed E-state index contributed by atoms with van der Waals surface area (Å²) in [6, 6.07) is 1.55. The molecule has 2 rings (SSSR count). The molecular weight excluding hydrogens is 270 g/mol. The van der Waals surface area contributed by atoms with Crippen molar-refractivity contribution in [3.63, 3.8) is 0 Å². The maximum Gasteiger partial charge on any atom is 0.407 e. The van der Waals surface area contributed by atoms with Crippen molar-refractivity contribution in [2.75, 3.05) is 0 Å². The van der Waals surface area contributed by atoms with Crippen LogP contribution in [0, 0.1) is 0 Å². The molecule has 0 aromatic carbocycles. The van der Waals surface area contributed by atoms with E-state index in [0.29, 0.717) is 12.1 Å². The van der Waals surface area contributed by atoms with Crippen LogP contribution in [-0.2, 0) is 4.74 Å². The lowest BCUT2D eigenvalue weighted by Gasteiger charge is -2.25. The Morgan fingerprint density at radius 1 is 1.48 bits per heavy atom. The Kier molecular flexibility index (Phi) is 4.45. The van der Waals surface area contributed by atoms with Crippen molar-refractivity contribution in [2.45, 2.75) is 51.7 Å². The lowest BCUT2D eigenvalue weighted by Crippen LogP contribution is -2.39. The summed E-state index contributed by atoms with van der Waals surface area (Å²) in [5.41, 5.74) is 1.10. The minimum Gasteiger partial charge on any atom is -0.444 e. The highest BCUT2D eigenvalue weighted by atomic mass is 16.6. The van der Waals surface area contributed by atoms with Gasteiger partial charge < -0.3 is 15.0 Å². The van der Waals surface area contributed by atoms with Gasteiger partial charge >= 0.3 is 6.09 Å². The minimum atomic E-state index is -0.491. The van der Waals surface area contributed by atoms with E-state index < -0.39 is 11.7 Å². The van der Waals surface area contributed by atoms with Gasteiger partial charge in [0, 0.05) is 12.1 Å². The van der Waals surface area contributed by atoms with Crippen LogP contribution in [-0.4, -0.2) is 27.7 Å². The van der Waals surface area contributed by atoms with Gasteiger partial charge in [-0.1, -0.05) is 6.08 Å². The standard InChI is InChI=1S/C15H21N3O3/c1-15(2,3)21-14(20)18-11-6-4-10(5-7-11)12-8-13(19)17-9-16-12/h4,8-9,11H,5-7H2,1-3H3,(H,18,20)(H,16,17,19). The summed E-state index contributed by atoms with van der Waals surface area (Å²) in [5, 5.41) is 2.86. The number of carbonyl (C=O) groups is 1. The number of ether oxygens (including phenoxy) is 1. The van der Waals surface area contributed by atoms with Gasteiger partial charge in [0.15, 0.2) is 0 Å². The number of rotatable bonds is 2. The Balaban J connectivity index is 1.93. The predicted octanol–water partition coefficient (Wildman–Crippen LogP) is 2.23. The summed E-state index contributed by atoms with van der Waals surface area (Å²) >= 11 is 0. The van der Waals surface area contributed by atoms with E-state index in [2.05, 4.69) is 15.3 Å². The zero-order chi connectivity index (χ0) is 15.5. The Bertz CT molecular complexity index is 599. The van der Waals surface area contributed by atoms with Crippen molar-refractivity contribution >= 4 is 11.7 Å². The SMILES string of the molecule is CC(C)(C)OC(=O)NC1CC=C(c2cc(=O)[nH]cn2)CC1. The second kappa shape index (κ2) is 6.11. The molecule has 0 fully saturated rings. The fourth-order valence-corrected chi connectivity index (χ4v) is 2.22. The Labute approximate surface area is 123 Å². The molecule has 0 aliphatic heterocycles. The summed E-state index contributed by atoms with van der Waals surface area (Å²) in [6.45, 7) is 5.51. The van der Waals surface area contributed by atoms with Gasteiger partial charge in [0.1, 0.15) is 5.60 Å². The van der Waals surface area contributed by atoms with E-state index in [1.165, 1.54) is 12.4 Å². The van der Waals surface area contributed by atoms with Crippen molar-refractivity contribution in [3.8, 4) is 0 Å². The van der Waals surface area contributed by atoms with Gasteiger partial charge in [0.05, 0.1) is 12.0 Å². The number of amides is 1. The average Bonchev–Trinajstić information content (AvgIpc) is 2.37. The molecule has 2 N–H and O–H groups in total. The van der Waals surface area contributed by atoms with Crippen LogP contribution < -0.4 is 10.9 Å². The molecule has 1 aromatic heterocycles. The minimum absolute atomic E-state index is 0.0607. The number of alkyl carbamates (subject to hydrolysis) is 1. The second-order valence-corrected chi connectivity index (χ2v) is 6.14. The average molecular weight is 291 g/mol. The van der Waals surface area contributed by atoms with Gasteiger partial charge in [-0.3, -0.25) is 4.79 Å². The number of H-pyrrole nitrogens is 1. The largest absolute Gasteiger partial charge is 0.444 e. The number of aromatic nitrogens is 2. The van der Waals surface area contributed by atoms with Gasteiger partial charge in [-0.15, -0.1) is 0 Å². The van der Waals surface area contributed by atoms with E-state index in [0.717, 1.165) is 18.4 Å². The monoisotopic (exact) mass is 291 g/mol. The number of aromatic amines is 1. The lowest BCUT2D eigenvalue weighted by molar-refractivity contribution is 0.0502. The second-order valence-electron chi connectivity index (χ2n) is 6.14. The topological polar surface area (TPSA) is 84.1 Å². The number of nitrogens with one attached hydrogen (secondary N) is 2. The molecule has 1 aliphatic carbocycles. The lowest BCUT2D eigenvalue weighted by atomic mass is 9.93. The van der Waals surface area contributed by atoms with Crippen molar-refractivity contribution in [1.82, 2.24) is 15.3 Å². The molecule has 0 spiro atoms. The molecule has 21 heavy (non-hydrogen) atoms. The van der Waals surface area contributed by atoms with Crippen LogP contribution in [0.25, 0.3) is 5.57 Å². The Hall–Kier alpha value is -2.11. The fraction of sp³-hybridized carbons (Fsp3) is 0.533. The molecular formula is C15H21N3O3. The summed E-state index contributed by atoms with van der Waals surface area (Å²) in [6.07, 6.45) is 5.33. The quantitative estimate of drug-likeness (QED) is 0.875. The molecule has 1 heterocycles. The Morgan fingerprint density at radius 2 is 2.24 bits per heavy atom. The highest BCUT2D eigenvalue weighted by molar-refractivity contribution is 5.69. The van der Waals surface area contributed by atoms with Gasteiger partial charge in [0.25, 0.3) is 5.56 Å². The number of carbonyl (C=O) groups excluding carboxylic acids is 1. The molecule has 114 valence electrons. The summed E-state index contributed by atoms with van der Waals surface area (Å²) in [4.78, 5) is 29.7. The smallest absolute Gasteiger partial charge is 0.407 e. The van der Waals surface area contributed by atoms with Crippen LogP contribution in [0.4, 0.5) is 4.79 Å². The zero-order valence-corrected chi connectivity index (χ0v) is 12.6. The van der Waals surface area contributed by atoms with Crippen molar-refractivity contribution in [1.29, 1.82) is 0 Å². The maximum atomic E-state index is 11.7. The fourth-order valence-electron chi connectivity index (χ4n) is 2.22. The van der Waals surface area contributed by atoms with Crippen molar-refractivity contribution in [2.24, 2.45) is 0 Å². The summed E-state index contributed by atoms with van der Waals surface area (Å²) in [5.74, 6) is 0. The van der Waals surface area contributed by atoms with Crippen molar-refractivity contribution < 1.29 is 9.53 Å². The van der Waals surface area contributed by atoms with Gasteiger partial charge in [0.2, 0.25) is 0 Å². The number of hydrogen-bond acceptors (Lipinski definition) is 4. The van der Waals surface area contributed by atoms with Crippen LogP contribution in [0.1, 0.15) is 45.7 Å². The first-order valence-electron chi connectivity index (χ1n) is 7.07. The van der Waals surface area contributed by atoms with Gasteiger partial charge in [-0.25, -0.2) is 9.78 Å². The molecule has 1 atom stereocenters. The highest BCUT2D eigenvalue weighted by Crippen LogP contribution is 2.25. The summed E-state index contributed by atoms with van der Waals surface area (Å²) in [7, 11) is 0. The molecule has 6 nitrogen and oxygen atoms in total. The number of nitrogens with zero attached hydrogens (tertiary/aromatic N) is 1. The van der Waals surface area contributed by atoms with E-state index in [4.69, 9.17) is 4.74 Å². The molecule has 0 saturated heterocycles. The third kappa shape index (κ3) is 4.73. The van der Waals surface area contributed by atoms with Crippen LogP contribution in [0.5, 0.6) is 0 Å². The van der Waals surface area contributed by atoms with Crippen LogP contribution in [0.15, 0.2) is 23.3 Å². The first kappa shape index (κ1) is 15.3. The predicted molar refractivity (Wildman–Crippen MR) is 79.8 cm³/mol. The third-order valence-corrected chi connectivity index (χ3v) is 3.14. The first-order valence-corrected chi connectivity index (χ1v) is 7.07. The third-order valence-electron chi connectivity index (χ3n) is 3.14. The van der Waals surface area contributed by atoms with Crippen LogP contribution >= 0.6 is 0 Å². The zero-order valence-electron chi connectivity index (χ0n) is 12.6. The van der Waals surface area contributed by atoms with E-state index in [-0.39, 0.29) is 11.6 Å². The van der Waals surface area contributed by atoms with Crippen molar-refractivity contribution in [3.05, 3.63) is 34.5 Å². The van der Waals surface area contributed by atoms with E-state index in [9.17, 15) is 9.59 Å². The molecule has 0 bridgehead atoms. The number of allylic oxidation sites excluding steroid dienone is 1. The first-order chi connectivity index (χ1) is 9.83. The molecule has 1 unspecified atom stereocenters. The maximum absolute atomic E-state index is 11.7. The van der Waals surface area contributed by atoms with Gasteiger partial charge in [-0.2, -0.15) is 0 Å². The Morgan fingerprint density at radius 3 is 2.81 bits per heavy atom.